The van der Waals surface area contributed by atoms with Crippen LogP contribution < -0.4 is 9.47 Å². The molecule has 132 valence electrons. The molecule has 4 rings (SSSR count). The first-order valence-electron chi connectivity index (χ1n) is 8.22. The van der Waals surface area contributed by atoms with E-state index in [1.54, 1.807) is 72.4 Å². The van der Waals surface area contributed by atoms with Crippen molar-refractivity contribution in [3.8, 4) is 5.69 Å². The highest BCUT2D eigenvalue weighted by Crippen LogP contribution is 2.28. The molecule has 2 amide bonds. The van der Waals surface area contributed by atoms with Gasteiger partial charge in [-0.15, -0.1) is 0 Å². The van der Waals surface area contributed by atoms with Gasteiger partial charge in [-0.25, -0.2) is 4.90 Å². The summed E-state index contributed by atoms with van der Waals surface area (Å²) in [7, 11) is 0. The zero-order valence-corrected chi connectivity index (χ0v) is 14.3. The molecule has 2 heterocycles. The topological polar surface area (TPSA) is 84.4 Å². The van der Waals surface area contributed by atoms with Crippen molar-refractivity contribution in [3.05, 3.63) is 93.8 Å². The van der Waals surface area contributed by atoms with Crippen LogP contribution in [0.1, 0.15) is 26.3 Å². The Bertz CT molecular complexity index is 1070. The molecule has 0 radical (unpaired) electrons. The van der Waals surface area contributed by atoms with Gasteiger partial charge in [0, 0.05) is 24.3 Å². The second kappa shape index (κ2) is 6.14. The van der Waals surface area contributed by atoms with Crippen molar-refractivity contribution in [2.45, 2.75) is 6.92 Å². The van der Waals surface area contributed by atoms with Gasteiger partial charge in [0.25, 0.3) is 17.5 Å². The van der Waals surface area contributed by atoms with Crippen LogP contribution in [0.4, 0.5) is 11.4 Å². The van der Waals surface area contributed by atoms with Crippen LogP contribution >= 0.6 is 0 Å². The average Bonchev–Trinajstić information content (AvgIpc) is 2.93. The van der Waals surface area contributed by atoms with Gasteiger partial charge in [-0.1, -0.05) is 18.2 Å². The molecule has 7 heteroatoms. The Balaban J connectivity index is 1.72. The van der Waals surface area contributed by atoms with Crippen LogP contribution in [0.2, 0.25) is 0 Å². The van der Waals surface area contributed by atoms with Crippen LogP contribution in [0.3, 0.4) is 0 Å². The van der Waals surface area contributed by atoms with E-state index in [0.29, 0.717) is 22.5 Å². The predicted octanol–water partition coefficient (Wildman–Crippen LogP) is 2.98. The minimum Gasteiger partial charge on any atom is -0.268 e. The minimum atomic E-state index is -0.437. The van der Waals surface area contributed by atoms with Gasteiger partial charge in [-0.05, 0) is 24.6 Å². The number of imide groups is 1. The van der Waals surface area contributed by atoms with E-state index in [4.69, 9.17) is 0 Å². The fourth-order valence-corrected chi connectivity index (χ4v) is 3.15. The number of nitro groups is 1. The summed E-state index contributed by atoms with van der Waals surface area (Å²) < 4.78 is 1.58. The number of hydrogen-bond donors (Lipinski definition) is 0. The minimum absolute atomic E-state index is 0.0199. The lowest BCUT2D eigenvalue weighted by Gasteiger charge is -2.12. The number of nitrogens with zero attached hydrogens (tertiary/aromatic N) is 3. The lowest BCUT2D eigenvalue weighted by molar-refractivity contribution is -0.600. The van der Waals surface area contributed by atoms with Crippen molar-refractivity contribution in [1.29, 1.82) is 0 Å². The summed E-state index contributed by atoms with van der Waals surface area (Å²) in [5, 5.41) is 11.3. The van der Waals surface area contributed by atoms with Gasteiger partial charge in [0.05, 0.1) is 21.7 Å². The second-order valence-corrected chi connectivity index (χ2v) is 6.20. The van der Waals surface area contributed by atoms with Crippen molar-refractivity contribution in [2.75, 3.05) is 4.90 Å². The highest BCUT2D eigenvalue weighted by Gasteiger charge is 2.36. The van der Waals surface area contributed by atoms with E-state index in [9.17, 15) is 19.7 Å². The third kappa shape index (κ3) is 2.65. The van der Waals surface area contributed by atoms with E-state index in [-0.39, 0.29) is 17.5 Å². The van der Waals surface area contributed by atoms with Crippen LogP contribution in [0, 0.1) is 17.0 Å². The van der Waals surface area contributed by atoms with Crippen LogP contribution in [0.15, 0.2) is 67.0 Å². The molecule has 2 aromatic carbocycles. The molecule has 0 aliphatic carbocycles. The third-order valence-corrected chi connectivity index (χ3v) is 4.47. The standard InChI is InChI=1S/C20H14N3O4/c1-13-6-7-17(18(12-13)23(26)27)21-10-8-14(9-11-21)22-19(24)15-4-2-3-5-16(15)20(22)25/h2-12H,1H3/q+1. The number of hydrogen-bond acceptors (Lipinski definition) is 4. The number of pyridine rings is 1. The monoisotopic (exact) mass is 360 g/mol. The summed E-state index contributed by atoms with van der Waals surface area (Å²) in [6, 6.07) is 14.8. The van der Waals surface area contributed by atoms with Crippen LogP contribution in [-0.2, 0) is 0 Å². The Morgan fingerprint density at radius 1 is 0.926 bits per heavy atom. The number of carbonyl (C=O) groups excluding carboxylic acids is 2. The van der Waals surface area contributed by atoms with Crippen molar-refractivity contribution in [3.63, 3.8) is 0 Å². The SMILES string of the molecule is Cc1ccc(-[n+]2ccc(N3C(=O)c4ccccc4C3=O)cc2)c([N+](=O)[O-])c1. The Morgan fingerprint density at radius 2 is 1.52 bits per heavy atom. The zero-order valence-electron chi connectivity index (χ0n) is 14.3. The molecular formula is C20H14N3O4+. The van der Waals surface area contributed by atoms with Gasteiger partial charge < -0.3 is 0 Å². The largest absolute Gasteiger partial charge is 0.340 e. The number of benzene rings is 2. The Hall–Kier alpha value is -3.87. The van der Waals surface area contributed by atoms with Gasteiger partial charge in [0.15, 0.2) is 12.4 Å². The highest BCUT2D eigenvalue weighted by molar-refractivity contribution is 6.34. The summed E-state index contributed by atoms with van der Waals surface area (Å²) in [4.78, 5) is 37.1. The fourth-order valence-electron chi connectivity index (χ4n) is 3.15. The predicted molar refractivity (Wildman–Crippen MR) is 96.9 cm³/mol. The molecule has 0 saturated heterocycles. The van der Waals surface area contributed by atoms with E-state index >= 15 is 0 Å². The van der Waals surface area contributed by atoms with Gasteiger partial charge in [0.1, 0.15) is 0 Å². The van der Waals surface area contributed by atoms with E-state index in [1.165, 1.54) is 6.07 Å². The van der Waals surface area contributed by atoms with Gasteiger partial charge >= 0.3 is 5.69 Å². The van der Waals surface area contributed by atoms with Crippen molar-refractivity contribution in [2.24, 2.45) is 0 Å². The molecular weight excluding hydrogens is 346 g/mol. The van der Waals surface area contributed by atoms with E-state index in [1.807, 2.05) is 0 Å². The Kier molecular flexibility index (Phi) is 3.77. The highest BCUT2D eigenvalue weighted by atomic mass is 16.6. The number of rotatable bonds is 3. The lowest BCUT2D eigenvalue weighted by Crippen LogP contribution is -2.33. The molecule has 0 spiro atoms. The quantitative estimate of drug-likeness (QED) is 0.311. The van der Waals surface area contributed by atoms with Gasteiger partial charge in [0.2, 0.25) is 0 Å². The number of aryl methyl sites for hydroxylation is 1. The molecule has 27 heavy (non-hydrogen) atoms. The van der Waals surface area contributed by atoms with Crippen molar-refractivity contribution in [1.82, 2.24) is 0 Å². The first-order valence-corrected chi connectivity index (χ1v) is 8.22. The van der Waals surface area contributed by atoms with Gasteiger partial charge in [-0.3, -0.25) is 19.7 Å². The number of carbonyl (C=O) groups is 2. The molecule has 1 aliphatic rings. The van der Waals surface area contributed by atoms with Crippen LogP contribution in [-0.4, -0.2) is 16.7 Å². The number of fused-ring (bicyclic) bond motifs is 1. The van der Waals surface area contributed by atoms with Crippen LogP contribution in [0.5, 0.6) is 0 Å². The summed E-state index contributed by atoms with van der Waals surface area (Å²) in [6.07, 6.45) is 3.19. The van der Waals surface area contributed by atoms with E-state index in [2.05, 4.69) is 0 Å². The molecule has 0 bridgehead atoms. The normalized spacial score (nSPS) is 13.0. The summed E-state index contributed by atoms with van der Waals surface area (Å²) in [6.45, 7) is 1.78. The molecule has 0 saturated carbocycles. The molecule has 1 aliphatic heterocycles. The fraction of sp³-hybridized carbons (Fsp3) is 0.0500. The number of amides is 2. The zero-order chi connectivity index (χ0) is 19.1. The van der Waals surface area contributed by atoms with Crippen molar-refractivity contribution >= 4 is 23.2 Å². The molecule has 0 N–H and O–H groups in total. The first kappa shape index (κ1) is 16.6. The molecule has 1 aromatic heterocycles. The molecule has 3 aromatic rings. The average molecular weight is 360 g/mol. The molecule has 0 atom stereocenters. The maximum atomic E-state index is 12.6. The van der Waals surface area contributed by atoms with E-state index < -0.39 is 4.92 Å². The van der Waals surface area contributed by atoms with Crippen molar-refractivity contribution < 1.29 is 19.1 Å². The summed E-state index contributed by atoms with van der Waals surface area (Å²) in [5.41, 5.74) is 2.32. The maximum absolute atomic E-state index is 12.6. The first-order chi connectivity index (χ1) is 13.0. The second-order valence-electron chi connectivity index (χ2n) is 6.20. The van der Waals surface area contributed by atoms with Crippen LogP contribution in [0.25, 0.3) is 5.69 Å². The smallest absolute Gasteiger partial charge is 0.268 e. The number of aromatic nitrogens is 1. The summed E-state index contributed by atoms with van der Waals surface area (Å²) in [5.74, 6) is -0.760. The lowest BCUT2D eigenvalue weighted by atomic mass is 10.1. The number of nitro benzene ring substituents is 1. The summed E-state index contributed by atoms with van der Waals surface area (Å²) >= 11 is 0. The third-order valence-electron chi connectivity index (χ3n) is 4.47. The Labute approximate surface area is 154 Å². The van der Waals surface area contributed by atoms with E-state index in [0.717, 1.165) is 10.5 Å². The van der Waals surface area contributed by atoms with Gasteiger partial charge in [-0.2, -0.15) is 4.57 Å². The molecule has 7 nitrogen and oxygen atoms in total. The number of anilines is 1. The molecule has 0 unspecified atom stereocenters. The Morgan fingerprint density at radius 3 is 2.07 bits per heavy atom. The maximum Gasteiger partial charge on any atom is 0.340 e. The molecule has 0 fully saturated rings.